The van der Waals surface area contributed by atoms with Crippen molar-refractivity contribution in [3.8, 4) is 11.5 Å². The van der Waals surface area contributed by atoms with E-state index in [0.29, 0.717) is 31.1 Å². The van der Waals surface area contributed by atoms with Crippen molar-refractivity contribution in [3.63, 3.8) is 0 Å². The molecule has 1 amide bonds. The van der Waals surface area contributed by atoms with E-state index in [0.717, 1.165) is 12.0 Å². The molecular weight excluding hydrogens is 244 g/mol. The lowest BCUT2D eigenvalue weighted by atomic mass is 10.1. The zero-order valence-electron chi connectivity index (χ0n) is 11.8. The first-order valence-corrected chi connectivity index (χ1v) is 6.28. The first kappa shape index (κ1) is 15.3. The standard InChI is InChI=1S/C14H22N2O3/c1-16(2)14(17)7-9-19-12-5-4-11(6-8-15)10-13(12)18-3/h4-5,10H,6-9,15H2,1-3H3. The van der Waals surface area contributed by atoms with E-state index in [9.17, 15) is 4.79 Å². The lowest BCUT2D eigenvalue weighted by Gasteiger charge is -2.13. The largest absolute Gasteiger partial charge is 0.493 e. The number of nitrogens with zero attached hydrogens (tertiary/aromatic N) is 1. The van der Waals surface area contributed by atoms with E-state index in [1.807, 2.05) is 18.2 Å². The van der Waals surface area contributed by atoms with Crippen LogP contribution >= 0.6 is 0 Å². The van der Waals surface area contributed by atoms with Crippen LogP contribution in [0.25, 0.3) is 0 Å². The highest BCUT2D eigenvalue weighted by molar-refractivity contribution is 5.75. The minimum absolute atomic E-state index is 0.0405. The Balaban J connectivity index is 2.60. The predicted octanol–water partition coefficient (Wildman–Crippen LogP) is 1.05. The summed E-state index contributed by atoms with van der Waals surface area (Å²) in [5.74, 6) is 1.36. The van der Waals surface area contributed by atoms with Crippen LogP contribution in [-0.2, 0) is 11.2 Å². The van der Waals surface area contributed by atoms with Crippen LogP contribution < -0.4 is 15.2 Å². The minimum atomic E-state index is 0.0405. The number of nitrogens with two attached hydrogens (primary N) is 1. The van der Waals surface area contributed by atoms with Crippen molar-refractivity contribution in [1.29, 1.82) is 0 Å². The van der Waals surface area contributed by atoms with Crippen LogP contribution in [0.5, 0.6) is 11.5 Å². The zero-order valence-corrected chi connectivity index (χ0v) is 11.8. The number of hydrogen-bond donors (Lipinski definition) is 1. The molecule has 0 aromatic heterocycles. The third-order valence-electron chi connectivity index (χ3n) is 2.73. The number of carbonyl (C=O) groups excluding carboxylic acids is 1. The molecule has 1 aromatic rings. The summed E-state index contributed by atoms with van der Waals surface area (Å²) in [5.41, 5.74) is 6.63. The maximum atomic E-state index is 11.4. The van der Waals surface area contributed by atoms with E-state index < -0.39 is 0 Å². The highest BCUT2D eigenvalue weighted by Crippen LogP contribution is 2.28. The van der Waals surface area contributed by atoms with Gasteiger partial charge in [0.25, 0.3) is 0 Å². The number of amides is 1. The van der Waals surface area contributed by atoms with Crippen LogP contribution in [0.15, 0.2) is 18.2 Å². The van der Waals surface area contributed by atoms with E-state index in [-0.39, 0.29) is 5.91 Å². The molecule has 0 radical (unpaired) electrons. The Morgan fingerprint density at radius 3 is 2.63 bits per heavy atom. The van der Waals surface area contributed by atoms with E-state index in [1.165, 1.54) is 0 Å². The summed E-state index contributed by atoms with van der Waals surface area (Å²) in [6, 6.07) is 5.72. The van der Waals surface area contributed by atoms with Gasteiger partial charge in [-0.2, -0.15) is 0 Å². The normalized spacial score (nSPS) is 10.1. The summed E-state index contributed by atoms with van der Waals surface area (Å²) >= 11 is 0. The second-order valence-electron chi connectivity index (χ2n) is 4.41. The molecule has 5 nitrogen and oxygen atoms in total. The second-order valence-corrected chi connectivity index (χ2v) is 4.41. The summed E-state index contributed by atoms with van der Waals surface area (Å²) in [7, 11) is 5.05. The summed E-state index contributed by atoms with van der Waals surface area (Å²) in [6.45, 7) is 0.935. The van der Waals surface area contributed by atoms with E-state index in [2.05, 4.69) is 0 Å². The van der Waals surface area contributed by atoms with Crippen LogP contribution in [0, 0.1) is 0 Å². The molecule has 0 atom stereocenters. The van der Waals surface area contributed by atoms with Gasteiger partial charge in [0, 0.05) is 14.1 Å². The Hall–Kier alpha value is -1.75. The smallest absolute Gasteiger partial charge is 0.225 e. The van der Waals surface area contributed by atoms with Crippen molar-refractivity contribution in [1.82, 2.24) is 4.90 Å². The molecular formula is C14H22N2O3. The van der Waals surface area contributed by atoms with Crippen molar-refractivity contribution < 1.29 is 14.3 Å². The zero-order chi connectivity index (χ0) is 14.3. The minimum Gasteiger partial charge on any atom is -0.493 e. The molecule has 0 saturated carbocycles. The maximum absolute atomic E-state index is 11.4. The van der Waals surface area contributed by atoms with Gasteiger partial charge in [0.1, 0.15) is 0 Å². The number of methoxy groups -OCH3 is 1. The predicted molar refractivity (Wildman–Crippen MR) is 74.6 cm³/mol. The van der Waals surface area contributed by atoms with Gasteiger partial charge >= 0.3 is 0 Å². The highest BCUT2D eigenvalue weighted by Gasteiger charge is 2.08. The Labute approximate surface area is 114 Å². The monoisotopic (exact) mass is 266 g/mol. The Morgan fingerprint density at radius 1 is 1.32 bits per heavy atom. The maximum Gasteiger partial charge on any atom is 0.225 e. The average molecular weight is 266 g/mol. The molecule has 0 spiro atoms. The molecule has 0 unspecified atom stereocenters. The molecule has 2 N–H and O–H groups in total. The van der Waals surface area contributed by atoms with Gasteiger partial charge in [-0.25, -0.2) is 0 Å². The number of hydrogen-bond acceptors (Lipinski definition) is 4. The van der Waals surface area contributed by atoms with Gasteiger partial charge in [-0.3, -0.25) is 4.79 Å². The summed E-state index contributed by atoms with van der Waals surface area (Å²) in [5, 5.41) is 0. The molecule has 0 heterocycles. The van der Waals surface area contributed by atoms with Crippen LogP contribution in [0.2, 0.25) is 0 Å². The molecule has 0 aliphatic carbocycles. The quantitative estimate of drug-likeness (QED) is 0.801. The van der Waals surface area contributed by atoms with Crippen molar-refractivity contribution in [2.45, 2.75) is 12.8 Å². The first-order valence-electron chi connectivity index (χ1n) is 6.28. The van der Waals surface area contributed by atoms with Crippen molar-refractivity contribution >= 4 is 5.91 Å². The molecule has 0 aliphatic heterocycles. The van der Waals surface area contributed by atoms with Crippen LogP contribution in [-0.4, -0.2) is 45.2 Å². The molecule has 1 aromatic carbocycles. The fraction of sp³-hybridized carbons (Fsp3) is 0.500. The molecule has 19 heavy (non-hydrogen) atoms. The van der Waals surface area contributed by atoms with Gasteiger partial charge in [0.2, 0.25) is 5.91 Å². The number of carbonyl (C=O) groups is 1. The van der Waals surface area contributed by atoms with Gasteiger partial charge in [0.05, 0.1) is 20.1 Å². The van der Waals surface area contributed by atoms with Gasteiger partial charge in [-0.1, -0.05) is 6.07 Å². The van der Waals surface area contributed by atoms with Gasteiger partial charge in [0.15, 0.2) is 11.5 Å². The van der Waals surface area contributed by atoms with Gasteiger partial charge < -0.3 is 20.1 Å². The van der Waals surface area contributed by atoms with Crippen molar-refractivity contribution in [2.75, 3.05) is 34.4 Å². The number of ether oxygens (including phenoxy) is 2. The molecule has 0 saturated heterocycles. The molecule has 0 fully saturated rings. The third kappa shape index (κ3) is 4.79. The molecule has 0 aliphatic rings. The van der Waals surface area contributed by atoms with Gasteiger partial charge in [-0.05, 0) is 30.7 Å². The third-order valence-corrected chi connectivity index (χ3v) is 2.73. The molecule has 106 valence electrons. The lowest BCUT2D eigenvalue weighted by molar-refractivity contribution is -0.129. The summed E-state index contributed by atoms with van der Waals surface area (Å²) in [6.07, 6.45) is 1.15. The fourth-order valence-electron chi connectivity index (χ4n) is 1.63. The average Bonchev–Trinajstić information content (AvgIpc) is 2.40. The Morgan fingerprint density at radius 2 is 2.05 bits per heavy atom. The van der Waals surface area contributed by atoms with Crippen LogP contribution in [0.1, 0.15) is 12.0 Å². The lowest BCUT2D eigenvalue weighted by Crippen LogP contribution is -2.23. The molecule has 5 heteroatoms. The molecule has 0 bridgehead atoms. The topological polar surface area (TPSA) is 64.8 Å². The van der Waals surface area contributed by atoms with E-state index in [4.69, 9.17) is 15.2 Å². The highest BCUT2D eigenvalue weighted by atomic mass is 16.5. The van der Waals surface area contributed by atoms with Crippen molar-refractivity contribution in [3.05, 3.63) is 23.8 Å². The number of rotatable bonds is 7. The van der Waals surface area contributed by atoms with E-state index in [1.54, 1.807) is 26.1 Å². The van der Waals surface area contributed by atoms with Gasteiger partial charge in [-0.15, -0.1) is 0 Å². The fourth-order valence-corrected chi connectivity index (χ4v) is 1.63. The van der Waals surface area contributed by atoms with Crippen LogP contribution in [0.4, 0.5) is 0 Å². The summed E-state index contributed by atoms with van der Waals surface area (Å²) in [4.78, 5) is 13.0. The SMILES string of the molecule is COc1cc(CCN)ccc1OCCC(=O)N(C)C. The van der Waals surface area contributed by atoms with E-state index >= 15 is 0 Å². The van der Waals surface area contributed by atoms with Crippen molar-refractivity contribution in [2.24, 2.45) is 5.73 Å². The molecule has 1 rings (SSSR count). The Kier molecular flexibility index (Phi) is 6.15. The van der Waals surface area contributed by atoms with Crippen LogP contribution in [0.3, 0.4) is 0 Å². The summed E-state index contributed by atoms with van der Waals surface area (Å²) < 4.78 is 10.9. The Bertz CT molecular complexity index is 419. The number of benzene rings is 1. The first-order chi connectivity index (χ1) is 9.08. The second kappa shape index (κ2) is 7.63.